The first kappa shape index (κ1) is 48.2. The summed E-state index contributed by atoms with van der Waals surface area (Å²) in [6, 6.07) is 1.60. The molecule has 0 bridgehead atoms. The fourth-order valence-electron chi connectivity index (χ4n) is 6.41. The number of anilines is 2. The lowest BCUT2D eigenvalue weighted by Crippen LogP contribution is -2.38. The normalized spacial score (nSPS) is 19.0. The number of aryl methyl sites for hydroxylation is 1. The molecule has 3 heterocycles. The van der Waals surface area contributed by atoms with Crippen LogP contribution in [0, 0.1) is 12.8 Å². The van der Waals surface area contributed by atoms with E-state index in [0.29, 0.717) is 31.3 Å². The largest absolute Gasteiger partial charge is 0.494 e. The predicted octanol–water partition coefficient (Wildman–Crippen LogP) is 10.4. The van der Waals surface area contributed by atoms with Gasteiger partial charge in [0.05, 0.1) is 34.7 Å². The second-order valence-corrected chi connectivity index (χ2v) is 14.2. The Kier molecular flexibility index (Phi) is 21.0. The van der Waals surface area contributed by atoms with Gasteiger partial charge in [0, 0.05) is 31.5 Å². The Morgan fingerprint density at radius 2 is 1.74 bits per heavy atom. The maximum atomic E-state index is 16.6. The molecule has 2 aliphatic heterocycles. The van der Waals surface area contributed by atoms with E-state index in [1.165, 1.54) is 40.2 Å². The quantitative estimate of drug-likeness (QED) is 0.174. The van der Waals surface area contributed by atoms with E-state index in [9.17, 15) is 17.6 Å². The predicted molar refractivity (Wildman–Crippen MR) is 210 cm³/mol. The van der Waals surface area contributed by atoms with Gasteiger partial charge in [-0.05, 0) is 69.2 Å². The first-order chi connectivity index (χ1) is 24.9. The number of methoxy groups -OCH3 is 1. The number of nitrogen functional groups attached to an aromatic ring is 1. The topological polar surface area (TPSA) is 85.5 Å². The fraction of sp³-hybridized carbons (Fsp3) is 0.700. The average molecular weight is 778 g/mol. The third kappa shape index (κ3) is 13.7. The Morgan fingerprint density at radius 1 is 1.11 bits per heavy atom. The van der Waals surface area contributed by atoms with E-state index in [0.717, 1.165) is 31.9 Å². The van der Waals surface area contributed by atoms with E-state index in [2.05, 4.69) is 34.0 Å². The molecule has 4 atom stereocenters. The van der Waals surface area contributed by atoms with Crippen molar-refractivity contribution in [2.24, 2.45) is 5.92 Å². The van der Waals surface area contributed by atoms with Crippen LogP contribution in [0.4, 0.5) is 33.5 Å². The van der Waals surface area contributed by atoms with Crippen molar-refractivity contribution in [1.82, 2.24) is 14.9 Å². The monoisotopic (exact) mass is 777 g/mol. The number of hydrogen-bond donors (Lipinski definition) is 2. The SMILES string of the molecule is CC.CCC.CCCC(C)O/C(CC)=c1\c(NCC(C)C)nc(OC)n\c1=C(/F)C(C)c1c(Cl)c(N)cc(C)c1C(F)(F)F.FC1CC2CCCN2C1. The standard InChI is InChI=1S/C28H39ClF4N4O2.C7H12FN.C3H8.C2H6/c1-9-11-16(6)39-19(10-2)21-25(36-27(38-8)37-26(21)35-13-14(3)4)24(30)17(7)20-22(28(31,32)33)15(5)12-18(34)23(20)29;8-6-4-7-2-1-3-9(7)5-6;1-3-2;1-2/h12,14,16-17H,9-11,13,34H2,1-8H3,(H,35,36,37);6-7H,1-5H2;3H2,1-2H3;1-2H3/b21-19-,25-24-;;;. The van der Waals surface area contributed by atoms with Crippen LogP contribution in [-0.2, 0) is 10.9 Å². The molecule has 2 aliphatic rings. The molecule has 0 amide bonds. The number of hydrogen-bond acceptors (Lipinski definition) is 7. The molecule has 53 heavy (non-hydrogen) atoms. The Labute approximate surface area is 320 Å². The highest BCUT2D eigenvalue weighted by Crippen LogP contribution is 2.45. The molecule has 2 fully saturated rings. The van der Waals surface area contributed by atoms with E-state index in [4.69, 9.17) is 26.8 Å². The van der Waals surface area contributed by atoms with Gasteiger partial charge in [-0.2, -0.15) is 23.1 Å². The molecule has 0 aliphatic carbocycles. The van der Waals surface area contributed by atoms with Gasteiger partial charge in [-0.15, -0.1) is 0 Å². The number of aromatic nitrogens is 2. The zero-order valence-electron chi connectivity index (χ0n) is 34.0. The van der Waals surface area contributed by atoms with Crippen LogP contribution in [0.5, 0.6) is 6.01 Å². The van der Waals surface area contributed by atoms with Gasteiger partial charge in [0.1, 0.15) is 28.9 Å². The van der Waals surface area contributed by atoms with Crippen molar-refractivity contribution >= 4 is 34.7 Å². The Balaban J connectivity index is 0.000000833. The van der Waals surface area contributed by atoms with Crippen LogP contribution in [0.25, 0.3) is 11.6 Å². The van der Waals surface area contributed by atoms with Crippen molar-refractivity contribution in [2.75, 3.05) is 37.8 Å². The first-order valence-corrected chi connectivity index (χ1v) is 19.6. The van der Waals surface area contributed by atoms with Gasteiger partial charge in [-0.3, -0.25) is 4.90 Å². The van der Waals surface area contributed by atoms with Gasteiger partial charge < -0.3 is 20.5 Å². The number of halogens is 6. The first-order valence-electron chi connectivity index (χ1n) is 19.2. The van der Waals surface area contributed by atoms with Gasteiger partial charge >= 0.3 is 12.2 Å². The number of nitrogens with one attached hydrogen (secondary N) is 1. The van der Waals surface area contributed by atoms with Crippen LogP contribution in [-0.4, -0.2) is 59.9 Å². The molecule has 4 unspecified atom stereocenters. The third-order valence-corrected chi connectivity index (χ3v) is 9.12. The summed E-state index contributed by atoms with van der Waals surface area (Å²) >= 11 is 6.31. The second kappa shape index (κ2) is 23.1. The third-order valence-electron chi connectivity index (χ3n) is 8.70. The number of alkyl halides is 4. The van der Waals surface area contributed by atoms with E-state index in [1.807, 2.05) is 48.5 Å². The molecular formula is C40H65ClF5N5O2. The zero-order valence-corrected chi connectivity index (χ0v) is 34.8. The Hall–Kier alpha value is -2.86. The van der Waals surface area contributed by atoms with Crippen LogP contribution in [0.2, 0.25) is 5.02 Å². The van der Waals surface area contributed by atoms with Gasteiger partial charge in [0.15, 0.2) is 0 Å². The van der Waals surface area contributed by atoms with Crippen LogP contribution < -0.4 is 26.4 Å². The summed E-state index contributed by atoms with van der Waals surface area (Å²) in [5.41, 5.74) is 4.20. The van der Waals surface area contributed by atoms with Crippen molar-refractivity contribution in [3.63, 3.8) is 0 Å². The molecule has 2 saturated heterocycles. The zero-order chi connectivity index (χ0) is 40.6. The molecule has 7 nitrogen and oxygen atoms in total. The average Bonchev–Trinajstić information content (AvgIpc) is 3.68. The molecule has 1 aromatic carbocycles. The van der Waals surface area contributed by atoms with Crippen molar-refractivity contribution in [2.45, 2.75) is 152 Å². The highest BCUT2D eigenvalue weighted by molar-refractivity contribution is 6.34. The van der Waals surface area contributed by atoms with Gasteiger partial charge in [0.25, 0.3) is 0 Å². The molecule has 1 aromatic heterocycles. The van der Waals surface area contributed by atoms with Crippen molar-refractivity contribution in [1.29, 1.82) is 0 Å². The maximum absolute atomic E-state index is 16.6. The van der Waals surface area contributed by atoms with E-state index < -0.39 is 35.2 Å². The summed E-state index contributed by atoms with van der Waals surface area (Å²) in [5, 5.41) is 2.85. The van der Waals surface area contributed by atoms with Crippen LogP contribution in [0.1, 0.15) is 137 Å². The number of nitrogens with zero attached hydrogens (tertiary/aromatic N) is 3. The van der Waals surface area contributed by atoms with Crippen molar-refractivity contribution < 1.29 is 31.4 Å². The van der Waals surface area contributed by atoms with E-state index in [1.54, 1.807) is 0 Å². The summed E-state index contributed by atoms with van der Waals surface area (Å²) < 4.78 is 83.2. The van der Waals surface area contributed by atoms with Gasteiger partial charge in [-0.25, -0.2) is 8.78 Å². The minimum atomic E-state index is -4.79. The van der Waals surface area contributed by atoms with E-state index in [-0.39, 0.29) is 50.7 Å². The highest BCUT2D eigenvalue weighted by atomic mass is 35.5. The molecule has 0 spiro atoms. The molecule has 304 valence electrons. The summed E-state index contributed by atoms with van der Waals surface area (Å²) in [4.78, 5) is 11.0. The molecule has 0 radical (unpaired) electrons. The minimum Gasteiger partial charge on any atom is -0.494 e. The van der Waals surface area contributed by atoms with Gasteiger partial charge in [0.2, 0.25) is 0 Å². The van der Waals surface area contributed by atoms with Crippen LogP contribution >= 0.6 is 11.6 Å². The number of benzene rings is 1. The number of rotatable bonds is 11. The van der Waals surface area contributed by atoms with Crippen molar-refractivity contribution in [3.05, 3.63) is 38.3 Å². The van der Waals surface area contributed by atoms with Crippen LogP contribution in [0.3, 0.4) is 0 Å². The molecule has 0 saturated carbocycles. The number of ether oxygens (including phenoxy) is 2. The van der Waals surface area contributed by atoms with Gasteiger partial charge in [-0.1, -0.05) is 86.8 Å². The van der Waals surface area contributed by atoms with Crippen LogP contribution in [0.15, 0.2) is 6.07 Å². The van der Waals surface area contributed by atoms with E-state index >= 15 is 4.39 Å². The minimum absolute atomic E-state index is 0.0749. The summed E-state index contributed by atoms with van der Waals surface area (Å²) in [5.74, 6) is -1.52. The Morgan fingerprint density at radius 3 is 2.25 bits per heavy atom. The number of fused-ring (bicyclic) bond motifs is 1. The lowest BCUT2D eigenvalue weighted by atomic mass is 9.90. The highest BCUT2D eigenvalue weighted by Gasteiger charge is 2.39. The Bertz CT molecular complexity index is 1530. The molecular weight excluding hydrogens is 713 g/mol. The molecule has 3 N–H and O–H groups in total. The lowest BCUT2D eigenvalue weighted by Gasteiger charge is -2.23. The fourth-order valence-corrected chi connectivity index (χ4v) is 6.72. The van der Waals surface area contributed by atoms with Crippen molar-refractivity contribution in [3.8, 4) is 6.01 Å². The second-order valence-electron chi connectivity index (χ2n) is 13.8. The smallest absolute Gasteiger partial charge is 0.417 e. The maximum Gasteiger partial charge on any atom is 0.417 e. The summed E-state index contributed by atoms with van der Waals surface area (Å²) in [7, 11) is 1.33. The molecule has 13 heteroatoms. The molecule has 4 rings (SSSR count). The molecule has 2 aromatic rings. The summed E-state index contributed by atoms with van der Waals surface area (Å²) in [6.45, 7) is 22.9. The number of nitrogens with two attached hydrogens (primary N) is 1. The lowest BCUT2D eigenvalue weighted by molar-refractivity contribution is -0.138. The summed E-state index contributed by atoms with van der Waals surface area (Å²) in [6.07, 6.45) is 1.06.